The first kappa shape index (κ1) is 14.1. The predicted molar refractivity (Wildman–Crippen MR) is 78.3 cm³/mol. The lowest BCUT2D eigenvalue weighted by Gasteiger charge is -2.32. The highest BCUT2D eigenvalue weighted by atomic mass is 79.9. The zero-order chi connectivity index (χ0) is 14.2. The molecule has 0 aromatic heterocycles. The van der Waals surface area contributed by atoms with Crippen LogP contribution < -0.4 is 10.2 Å². The van der Waals surface area contributed by atoms with Gasteiger partial charge < -0.3 is 0 Å². The van der Waals surface area contributed by atoms with Gasteiger partial charge in [-0.15, -0.1) is 0 Å². The predicted octanol–water partition coefficient (Wildman–Crippen LogP) is 3.19. The van der Waals surface area contributed by atoms with Crippen molar-refractivity contribution in [3.05, 3.63) is 28.2 Å². The summed E-state index contributed by atoms with van der Waals surface area (Å²) in [5.41, 5.74) is 1.87. The summed E-state index contributed by atoms with van der Waals surface area (Å²) < 4.78 is 0.917. The van der Waals surface area contributed by atoms with Crippen molar-refractivity contribution in [1.29, 1.82) is 0 Å². The second-order valence-corrected chi connectivity index (χ2v) is 6.58. The molecule has 0 radical (unpaired) electrons. The molecule has 1 fully saturated rings. The van der Waals surface area contributed by atoms with E-state index in [1.54, 1.807) is 4.90 Å². The van der Waals surface area contributed by atoms with Crippen molar-refractivity contribution in [1.82, 2.24) is 5.32 Å². The minimum absolute atomic E-state index is 0.0717. The zero-order valence-corrected chi connectivity index (χ0v) is 12.9. The van der Waals surface area contributed by atoms with Crippen LogP contribution in [0.3, 0.4) is 0 Å². The van der Waals surface area contributed by atoms with Gasteiger partial charge in [0.2, 0.25) is 5.91 Å². The number of nitrogens with zero attached hydrogens (tertiary/aromatic N) is 1. The highest BCUT2D eigenvalue weighted by Crippen LogP contribution is 2.34. The summed E-state index contributed by atoms with van der Waals surface area (Å²) in [6.45, 7) is 6.73. The van der Waals surface area contributed by atoms with E-state index in [2.05, 4.69) is 42.0 Å². The van der Waals surface area contributed by atoms with E-state index in [1.807, 2.05) is 18.2 Å². The van der Waals surface area contributed by atoms with Gasteiger partial charge in [0.15, 0.2) is 0 Å². The van der Waals surface area contributed by atoms with E-state index < -0.39 is 0 Å². The number of carbonyl (C=O) groups excluding carboxylic acids is 2. The first-order valence-corrected chi connectivity index (χ1v) is 7.00. The summed E-state index contributed by atoms with van der Waals surface area (Å²) in [4.78, 5) is 24.8. The van der Waals surface area contributed by atoms with Crippen LogP contribution in [0, 0.1) is 0 Å². The number of imide groups is 1. The standard InChI is InChI=1S/C14H17BrN2O2/c1-14(2,3)10-5-4-9(15)8-11(10)17-7-6-12(18)16-13(17)19/h4-5,8H,6-7H2,1-3H3,(H,16,18,19). The van der Waals surface area contributed by atoms with Crippen molar-refractivity contribution in [3.63, 3.8) is 0 Å². The van der Waals surface area contributed by atoms with E-state index in [4.69, 9.17) is 0 Å². The largest absolute Gasteiger partial charge is 0.328 e. The van der Waals surface area contributed by atoms with Crippen LogP contribution in [0.1, 0.15) is 32.8 Å². The van der Waals surface area contributed by atoms with E-state index in [9.17, 15) is 9.59 Å². The number of carbonyl (C=O) groups is 2. The monoisotopic (exact) mass is 324 g/mol. The van der Waals surface area contributed by atoms with Crippen LogP contribution in [-0.2, 0) is 10.2 Å². The Morgan fingerprint density at radius 1 is 1.26 bits per heavy atom. The maximum absolute atomic E-state index is 12.0. The first-order valence-electron chi connectivity index (χ1n) is 6.20. The van der Waals surface area contributed by atoms with Gasteiger partial charge in [0.1, 0.15) is 0 Å². The average Bonchev–Trinajstić information content (AvgIpc) is 2.27. The van der Waals surface area contributed by atoms with Crippen molar-refractivity contribution in [2.45, 2.75) is 32.6 Å². The van der Waals surface area contributed by atoms with Crippen LogP contribution in [0.4, 0.5) is 10.5 Å². The third kappa shape index (κ3) is 2.97. The molecule has 5 heteroatoms. The van der Waals surface area contributed by atoms with E-state index in [-0.39, 0.29) is 17.4 Å². The van der Waals surface area contributed by atoms with Gasteiger partial charge in [-0.2, -0.15) is 0 Å². The molecule has 0 spiro atoms. The number of amides is 3. The molecule has 1 N–H and O–H groups in total. The van der Waals surface area contributed by atoms with Crippen molar-refractivity contribution in [3.8, 4) is 0 Å². The van der Waals surface area contributed by atoms with E-state index in [1.165, 1.54) is 0 Å². The lowest BCUT2D eigenvalue weighted by molar-refractivity contribution is -0.120. The van der Waals surface area contributed by atoms with E-state index in [0.29, 0.717) is 13.0 Å². The second-order valence-electron chi connectivity index (χ2n) is 5.67. The Bertz CT molecular complexity index is 535. The summed E-state index contributed by atoms with van der Waals surface area (Å²) in [6, 6.07) is 5.57. The summed E-state index contributed by atoms with van der Waals surface area (Å²) in [6.07, 6.45) is 0.335. The molecule has 1 aromatic rings. The van der Waals surface area contributed by atoms with E-state index >= 15 is 0 Å². The topological polar surface area (TPSA) is 49.4 Å². The number of rotatable bonds is 1. The highest BCUT2D eigenvalue weighted by molar-refractivity contribution is 9.10. The van der Waals surface area contributed by atoms with Gasteiger partial charge in [-0.25, -0.2) is 4.79 Å². The SMILES string of the molecule is CC(C)(C)c1ccc(Br)cc1N1CCC(=O)NC1=O. The molecule has 1 saturated heterocycles. The van der Waals surface area contributed by atoms with Gasteiger partial charge in [0, 0.05) is 17.4 Å². The second kappa shape index (κ2) is 4.96. The van der Waals surface area contributed by atoms with Crippen LogP contribution in [-0.4, -0.2) is 18.5 Å². The molecule has 2 rings (SSSR count). The number of hydrogen-bond donors (Lipinski definition) is 1. The summed E-state index contributed by atoms with van der Waals surface area (Å²) >= 11 is 3.44. The summed E-state index contributed by atoms with van der Waals surface area (Å²) in [5.74, 6) is -0.214. The van der Waals surface area contributed by atoms with Crippen LogP contribution in [0.15, 0.2) is 22.7 Å². The minimum Gasteiger partial charge on any atom is -0.293 e. The normalized spacial score (nSPS) is 16.5. The number of hydrogen-bond acceptors (Lipinski definition) is 2. The fourth-order valence-corrected chi connectivity index (χ4v) is 2.51. The fraction of sp³-hybridized carbons (Fsp3) is 0.429. The third-order valence-corrected chi connectivity index (χ3v) is 3.61. The molecule has 3 amide bonds. The van der Waals surface area contributed by atoms with Crippen molar-refractivity contribution >= 4 is 33.6 Å². The Hall–Kier alpha value is -1.36. The first-order chi connectivity index (χ1) is 8.79. The fourth-order valence-electron chi connectivity index (χ4n) is 2.16. The molecule has 0 unspecified atom stereocenters. The van der Waals surface area contributed by atoms with Gasteiger partial charge in [0.25, 0.3) is 0 Å². The molecule has 0 atom stereocenters. The summed E-state index contributed by atoms with van der Waals surface area (Å²) in [7, 11) is 0. The molecule has 1 heterocycles. The smallest absolute Gasteiger partial charge is 0.293 e. The number of anilines is 1. The Kier molecular flexibility index (Phi) is 3.67. The minimum atomic E-state index is -0.347. The number of urea groups is 1. The molecular weight excluding hydrogens is 308 g/mol. The lowest BCUT2D eigenvalue weighted by Crippen LogP contribution is -2.50. The van der Waals surface area contributed by atoms with Crippen molar-refractivity contribution in [2.75, 3.05) is 11.4 Å². The molecule has 0 bridgehead atoms. The molecule has 4 nitrogen and oxygen atoms in total. The number of benzene rings is 1. The molecule has 102 valence electrons. The molecule has 1 aromatic carbocycles. The van der Waals surface area contributed by atoms with Crippen molar-refractivity contribution in [2.24, 2.45) is 0 Å². The average molecular weight is 325 g/mol. The Morgan fingerprint density at radius 3 is 2.53 bits per heavy atom. The Balaban J connectivity index is 2.46. The number of halogens is 1. The van der Waals surface area contributed by atoms with Gasteiger partial charge in [-0.05, 0) is 23.1 Å². The highest BCUT2D eigenvalue weighted by Gasteiger charge is 2.29. The van der Waals surface area contributed by atoms with Crippen LogP contribution in [0.2, 0.25) is 0 Å². The molecule has 1 aliphatic rings. The maximum Gasteiger partial charge on any atom is 0.328 e. The zero-order valence-electron chi connectivity index (χ0n) is 11.3. The Morgan fingerprint density at radius 2 is 1.95 bits per heavy atom. The summed E-state index contributed by atoms with van der Waals surface area (Å²) in [5, 5.41) is 2.36. The van der Waals surface area contributed by atoms with Gasteiger partial charge in [-0.1, -0.05) is 42.8 Å². The van der Waals surface area contributed by atoms with Crippen LogP contribution >= 0.6 is 15.9 Å². The number of nitrogens with one attached hydrogen (secondary N) is 1. The van der Waals surface area contributed by atoms with Crippen LogP contribution in [0.25, 0.3) is 0 Å². The third-order valence-electron chi connectivity index (χ3n) is 3.11. The lowest BCUT2D eigenvalue weighted by atomic mass is 9.85. The molecule has 1 aliphatic heterocycles. The molecular formula is C14H17BrN2O2. The molecule has 0 aliphatic carbocycles. The van der Waals surface area contributed by atoms with Gasteiger partial charge in [-0.3, -0.25) is 15.0 Å². The van der Waals surface area contributed by atoms with Gasteiger partial charge in [0.05, 0.1) is 5.69 Å². The Labute approximate surface area is 121 Å². The van der Waals surface area contributed by atoms with Crippen LogP contribution in [0.5, 0.6) is 0 Å². The van der Waals surface area contributed by atoms with E-state index in [0.717, 1.165) is 15.7 Å². The molecule has 0 saturated carbocycles. The maximum atomic E-state index is 12.0. The van der Waals surface area contributed by atoms with Gasteiger partial charge >= 0.3 is 6.03 Å². The van der Waals surface area contributed by atoms with Crippen molar-refractivity contribution < 1.29 is 9.59 Å². The molecule has 19 heavy (non-hydrogen) atoms. The quantitative estimate of drug-likeness (QED) is 0.862.